The van der Waals surface area contributed by atoms with Gasteiger partial charge in [0.15, 0.2) is 5.82 Å². The fourth-order valence-electron chi connectivity index (χ4n) is 3.36. The SMILES string of the molecule is CCOCC(=O)N1CCN(c2ccc(OC3CCCCC3)nn2)CC1. The molecule has 1 amide bonds. The van der Waals surface area contributed by atoms with E-state index < -0.39 is 0 Å². The third-order valence-corrected chi connectivity index (χ3v) is 4.85. The molecule has 0 radical (unpaired) electrons. The molecule has 25 heavy (non-hydrogen) atoms. The lowest BCUT2D eigenvalue weighted by Gasteiger charge is -2.35. The van der Waals surface area contributed by atoms with Gasteiger partial charge in [-0.25, -0.2) is 0 Å². The zero-order valence-electron chi connectivity index (χ0n) is 15.0. The van der Waals surface area contributed by atoms with E-state index in [1.54, 1.807) is 0 Å². The number of hydrogen-bond acceptors (Lipinski definition) is 6. The summed E-state index contributed by atoms with van der Waals surface area (Å²) in [5.41, 5.74) is 0. The first-order chi connectivity index (χ1) is 12.3. The monoisotopic (exact) mass is 348 g/mol. The van der Waals surface area contributed by atoms with Crippen molar-refractivity contribution in [3.8, 4) is 5.88 Å². The fraction of sp³-hybridized carbons (Fsp3) is 0.722. The van der Waals surface area contributed by atoms with Crippen LogP contribution < -0.4 is 9.64 Å². The molecule has 138 valence electrons. The minimum absolute atomic E-state index is 0.0591. The molecule has 0 aromatic carbocycles. The van der Waals surface area contributed by atoms with Gasteiger partial charge in [0.1, 0.15) is 12.7 Å². The molecule has 0 spiro atoms. The summed E-state index contributed by atoms with van der Waals surface area (Å²) in [7, 11) is 0. The standard InChI is InChI=1S/C18H28N4O3/c1-2-24-14-18(23)22-12-10-21(11-13-22)16-8-9-17(20-19-16)25-15-6-4-3-5-7-15/h8-9,15H,2-7,10-14H2,1H3. The molecule has 2 heterocycles. The second kappa shape index (κ2) is 8.99. The number of ether oxygens (including phenoxy) is 2. The number of amides is 1. The van der Waals surface area contributed by atoms with Gasteiger partial charge in [-0.3, -0.25) is 4.79 Å². The van der Waals surface area contributed by atoms with Crippen molar-refractivity contribution in [1.82, 2.24) is 15.1 Å². The van der Waals surface area contributed by atoms with E-state index in [1.165, 1.54) is 19.3 Å². The molecule has 2 aliphatic rings. The summed E-state index contributed by atoms with van der Waals surface area (Å²) in [6.45, 7) is 5.53. The number of aromatic nitrogens is 2. The lowest BCUT2D eigenvalue weighted by atomic mass is 9.98. The Labute approximate surface area is 149 Å². The molecule has 1 saturated carbocycles. The Kier molecular flexibility index (Phi) is 6.44. The molecule has 1 aliphatic carbocycles. The highest BCUT2D eigenvalue weighted by atomic mass is 16.5. The minimum Gasteiger partial charge on any atom is -0.473 e. The number of carbonyl (C=O) groups excluding carboxylic acids is 1. The lowest BCUT2D eigenvalue weighted by Crippen LogP contribution is -2.50. The van der Waals surface area contributed by atoms with E-state index >= 15 is 0 Å². The average Bonchev–Trinajstić information content (AvgIpc) is 2.68. The van der Waals surface area contributed by atoms with Crippen LogP contribution in [0, 0.1) is 0 Å². The zero-order valence-corrected chi connectivity index (χ0v) is 15.0. The predicted molar refractivity (Wildman–Crippen MR) is 94.8 cm³/mol. The van der Waals surface area contributed by atoms with Crippen molar-refractivity contribution in [3.63, 3.8) is 0 Å². The van der Waals surface area contributed by atoms with Crippen LogP contribution in [-0.4, -0.2) is 66.5 Å². The first kappa shape index (κ1) is 17.9. The molecule has 1 aromatic heterocycles. The van der Waals surface area contributed by atoms with Gasteiger partial charge in [-0.2, -0.15) is 0 Å². The normalized spacial score (nSPS) is 19.1. The van der Waals surface area contributed by atoms with Crippen molar-refractivity contribution in [3.05, 3.63) is 12.1 Å². The Balaban J connectivity index is 1.47. The van der Waals surface area contributed by atoms with Crippen LogP contribution in [0.5, 0.6) is 5.88 Å². The molecular formula is C18H28N4O3. The summed E-state index contributed by atoms with van der Waals surface area (Å²) in [6.07, 6.45) is 6.30. The Bertz CT molecular complexity index is 538. The summed E-state index contributed by atoms with van der Waals surface area (Å²) >= 11 is 0. The Hall–Kier alpha value is -1.89. The molecule has 0 atom stereocenters. The molecule has 1 aliphatic heterocycles. The van der Waals surface area contributed by atoms with Gasteiger partial charge >= 0.3 is 0 Å². The lowest BCUT2D eigenvalue weighted by molar-refractivity contribution is -0.136. The van der Waals surface area contributed by atoms with Crippen molar-refractivity contribution in [1.29, 1.82) is 0 Å². The molecule has 0 unspecified atom stereocenters. The number of piperazine rings is 1. The molecule has 7 heteroatoms. The number of rotatable bonds is 6. The van der Waals surface area contributed by atoms with Gasteiger partial charge in [-0.15, -0.1) is 10.2 Å². The van der Waals surface area contributed by atoms with E-state index in [-0.39, 0.29) is 18.6 Å². The van der Waals surface area contributed by atoms with Crippen molar-refractivity contribution < 1.29 is 14.3 Å². The molecular weight excluding hydrogens is 320 g/mol. The first-order valence-electron chi connectivity index (χ1n) is 9.37. The topological polar surface area (TPSA) is 67.8 Å². The van der Waals surface area contributed by atoms with E-state index in [0.717, 1.165) is 31.7 Å². The number of nitrogens with zero attached hydrogens (tertiary/aromatic N) is 4. The minimum atomic E-state index is 0.0591. The molecule has 2 fully saturated rings. The van der Waals surface area contributed by atoms with Crippen LogP contribution in [-0.2, 0) is 9.53 Å². The van der Waals surface area contributed by atoms with Crippen LogP contribution in [0.2, 0.25) is 0 Å². The molecule has 0 bridgehead atoms. The highest BCUT2D eigenvalue weighted by molar-refractivity contribution is 5.77. The highest BCUT2D eigenvalue weighted by Gasteiger charge is 2.22. The van der Waals surface area contributed by atoms with Gasteiger partial charge in [0.05, 0.1) is 0 Å². The van der Waals surface area contributed by atoms with Crippen LogP contribution in [0.4, 0.5) is 5.82 Å². The van der Waals surface area contributed by atoms with Gasteiger partial charge in [-0.05, 0) is 38.7 Å². The van der Waals surface area contributed by atoms with E-state index in [1.807, 2.05) is 24.0 Å². The Morgan fingerprint density at radius 2 is 1.88 bits per heavy atom. The van der Waals surface area contributed by atoms with E-state index in [0.29, 0.717) is 25.6 Å². The maximum atomic E-state index is 12.0. The van der Waals surface area contributed by atoms with Crippen LogP contribution in [0.1, 0.15) is 39.0 Å². The largest absolute Gasteiger partial charge is 0.473 e. The van der Waals surface area contributed by atoms with Crippen LogP contribution in [0.3, 0.4) is 0 Å². The molecule has 1 aromatic rings. The summed E-state index contributed by atoms with van der Waals surface area (Å²) in [4.78, 5) is 16.0. The van der Waals surface area contributed by atoms with Crippen molar-refractivity contribution in [2.75, 3.05) is 44.3 Å². The van der Waals surface area contributed by atoms with Gasteiger partial charge in [0.25, 0.3) is 0 Å². The molecule has 1 saturated heterocycles. The van der Waals surface area contributed by atoms with Crippen molar-refractivity contribution in [2.45, 2.75) is 45.1 Å². The quantitative estimate of drug-likeness (QED) is 0.782. The fourth-order valence-corrected chi connectivity index (χ4v) is 3.36. The number of carbonyl (C=O) groups is 1. The summed E-state index contributed by atoms with van der Waals surface area (Å²) in [6, 6.07) is 3.87. The van der Waals surface area contributed by atoms with Gasteiger partial charge in [-0.1, -0.05) is 6.42 Å². The van der Waals surface area contributed by atoms with Crippen LogP contribution in [0.15, 0.2) is 12.1 Å². The van der Waals surface area contributed by atoms with Gasteiger partial charge < -0.3 is 19.3 Å². The maximum Gasteiger partial charge on any atom is 0.248 e. The second-order valence-electron chi connectivity index (χ2n) is 6.61. The molecule has 3 rings (SSSR count). The van der Waals surface area contributed by atoms with Crippen LogP contribution in [0.25, 0.3) is 0 Å². The Morgan fingerprint density at radius 3 is 2.52 bits per heavy atom. The van der Waals surface area contributed by atoms with Gasteiger partial charge in [0.2, 0.25) is 11.8 Å². The third-order valence-electron chi connectivity index (χ3n) is 4.85. The van der Waals surface area contributed by atoms with E-state index in [4.69, 9.17) is 9.47 Å². The third kappa shape index (κ3) is 5.04. The van der Waals surface area contributed by atoms with E-state index in [2.05, 4.69) is 15.1 Å². The van der Waals surface area contributed by atoms with E-state index in [9.17, 15) is 4.79 Å². The van der Waals surface area contributed by atoms with Gasteiger partial charge in [0, 0.05) is 38.9 Å². The predicted octanol–water partition coefficient (Wildman–Crippen LogP) is 1.87. The maximum absolute atomic E-state index is 12.0. The highest BCUT2D eigenvalue weighted by Crippen LogP contribution is 2.23. The van der Waals surface area contributed by atoms with Crippen molar-refractivity contribution >= 4 is 11.7 Å². The Morgan fingerprint density at radius 1 is 1.12 bits per heavy atom. The smallest absolute Gasteiger partial charge is 0.248 e. The molecule has 7 nitrogen and oxygen atoms in total. The zero-order chi connectivity index (χ0) is 17.5. The second-order valence-corrected chi connectivity index (χ2v) is 6.61. The summed E-state index contributed by atoms with van der Waals surface area (Å²) in [5, 5.41) is 8.54. The summed E-state index contributed by atoms with van der Waals surface area (Å²) in [5.74, 6) is 1.51. The number of anilines is 1. The molecule has 0 N–H and O–H groups in total. The summed E-state index contributed by atoms with van der Waals surface area (Å²) < 4.78 is 11.1. The average molecular weight is 348 g/mol. The first-order valence-corrected chi connectivity index (χ1v) is 9.37. The van der Waals surface area contributed by atoms with Crippen LogP contribution >= 0.6 is 0 Å². The number of hydrogen-bond donors (Lipinski definition) is 0. The van der Waals surface area contributed by atoms with Crippen molar-refractivity contribution in [2.24, 2.45) is 0 Å².